The zero-order valence-corrected chi connectivity index (χ0v) is 19.3. The molecular weight excluding hydrogens is 440 g/mol. The first-order valence-corrected chi connectivity index (χ1v) is 12.2. The average molecular weight is 469 g/mol. The quantitative estimate of drug-likeness (QED) is 0.655. The highest BCUT2D eigenvalue weighted by molar-refractivity contribution is 6.32. The van der Waals surface area contributed by atoms with Gasteiger partial charge in [-0.05, 0) is 37.5 Å². The van der Waals surface area contributed by atoms with Crippen LogP contribution in [-0.2, 0) is 4.79 Å². The van der Waals surface area contributed by atoms with Gasteiger partial charge in [0.25, 0.3) is 0 Å². The van der Waals surface area contributed by atoms with E-state index in [1.165, 1.54) is 32.1 Å². The van der Waals surface area contributed by atoms with Gasteiger partial charge in [0.2, 0.25) is 11.9 Å². The predicted octanol–water partition coefficient (Wildman–Crippen LogP) is 4.14. The van der Waals surface area contributed by atoms with Crippen LogP contribution in [0.15, 0.2) is 18.6 Å². The Kier molecular flexibility index (Phi) is 6.36. The zero-order valence-electron chi connectivity index (χ0n) is 18.6. The summed E-state index contributed by atoms with van der Waals surface area (Å²) in [6, 6.07) is 2.68. The molecule has 9 nitrogen and oxygen atoms in total. The second-order valence-corrected chi connectivity index (χ2v) is 9.89. The van der Waals surface area contributed by atoms with Crippen LogP contribution in [-0.4, -0.2) is 49.7 Å². The summed E-state index contributed by atoms with van der Waals surface area (Å²) in [7, 11) is 0. The van der Waals surface area contributed by atoms with E-state index in [-0.39, 0.29) is 18.4 Å². The lowest BCUT2D eigenvalue weighted by molar-refractivity contribution is -0.129. The molecule has 174 valence electrons. The topological polar surface area (TPSA) is 112 Å². The van der Waals surface area contributed by atoms with Crippen LogP contribution in [0.4, 0.5) is 17.5 Å². The van der Waals surface area contributed by atoms with Gasteiger partial charge >= 0.3 is 0 Å². The molecule has 2 atom stereocenters. The number of aromatic nitrogens is 4. The summed E-state index contributed by atoms with van der Waals surface area (Å²) in [6.45, 7) is 1.47. The zero-order chi connectivity index (χ0) is 22.8. The van der Waals surface area contributed by atoms with Gasteiger partial charge in [0.15, 0.2) is 5.82 Å². The third kappa shape index (κ3) is 4.91. The molecule has 0 radical (unpaired) electrons. The number of carbonyl (C=O) groups excluding carboxylic acids is 1. The fourth-order valence-electron chi connectivity index (χ4n) is 5.60. The molecule has 33 heavy (non-hydrogen) atoms. The summed E-state index contributed by atoms with van der Waals surface area (Å²) in [5.41, 5.74) is 0.867. The van der Waals surface area contributed by atoms with Gasteiger partial charge in [0.1, 0.15) is 11.4 Å². The summed E-state index contributed by atoms with van der Waals surface area (Å²) >= 11 is 6.39. The van der Waals surface area contributed by atoms with E-state index in [9.17, 15) is 4.79 Å². The van der Waals surface area contributed by atoms with Gasteiger partial charge in [-0.3, -0.25) is 9.48 Å². The van der Waals surface area contributed by atoms with Crippen molar-refractivity contribution in [1.82, 2.24) is 24.6 Å². The van der Waals surface area contributed by atoms with Crippen molar-refractivity contribution in [3.63, 3.8) is 0 Å². The maximum absolute atomic E-state index is 12.0. The Morgan fingerprint density at radius 3 is 2.67 bits per heavy atom. The molecule has 0 spiro atoms. The first-order chi connectivity index (χ1) is 16.1. The Bertz CT molecular complexity index is 1030. The van der Waals surface area contributed by atoms with E-state index in [4.69, 9.17) is 16.9 Å². The van der Waals surface area contributed by atoms with E-state index in [2.05, 4.69) is 30.4 Å². The molecular formula is C23H29ClN8O. The number of amides is 1. The van der Waals surface area contributed by atoms with Crippen LogP contribution in [0.25, 0.3) is 0 Å². The molecule has 2 aromatic rings. The van der Waals surface area contributed by atoms with Crippen LogP contribution in [0.5, 0.6) is 0 Å². The number of likely N-dealkylation sites (tertiary alicyclic amines) is 1. The number of hydrogen-bond donors (Lipinski definition) is 2. The Balaban J connectivity index is 1.19. The van der Waals surface area contributed by atoms with Gasteiger partial charge in [-0.15, -0.1) is 0 Å². The normalized spacial score (nSPS) is 25.0. The summed E-state index contributed by atoms with van der Waals surface area (Å²) in [5.74, 6) is 1.95. The summed E-state index contributed by atoms with van der Waals surface area (Å²) in [4.78, 5) is 22.8. The number of fused-ring (bicyclic) bond motifs is 1. The van der Waals surface area contributed by atoms with Crippen molar-refractivity contribution >= 4 is 35.0 Å². The minimum Gasteiger partial charge on any atom is -0.366 e. The fraction of sp³-hybridized carbons (Fsp3) is 0.609. The number of rotatable bonds is 6. The number of halogens is 1. The van der Waals surface area contributed by atoms with Gasteiger partial charge < -0.3 is 15.5 Å². The first kappa shape index (κ1) is 22.0. The second-order valence-electron chi connectivity index (χ2n) is 9.48. The van der Waals surface area contributed by atoms with Gasteiger partial charge in [-0.25, -0.2) is 4.98 Å². The largest absolute Gasteiger partial charge is 0.366 e. The van der Waals surface area contributed by atoms with Gasteiger partial charge in [-0.1, -0.05) is 30.9 Å². The molecule has 2 aromatic heterocycles. The number of hydrogen-bond acceptors (Lipinski definition) is 7. The molecule has 0 aromatic carbocycles. The monoisotopic (exact) mass is 468 g/mol. The van der Waals surface area contributed by atoms with Crippen molar-refractivity contribution in [3.8, 4) is 6.07 Å². The van der Waals surface area contributed by atoms with Crippen LogP contribution in [0.1, 0.15) is 57.4 Å². The molecule has 5 rings (SSSR count). The lowest BCUT2D eigenvalue weighted by Crippen LogP contribution is -2.30. The number of nitriles is 1. The Labute approximate surface area is 198 Å². The number of carbonyl (C=O) groups is 1. The van der Waals surface area contributed by atoms with Crippen LogP contribution in [0, 0.1) is 23.2 Å². The van der Waals surface area contributed by atoms with Crippen molar-refractivity contribution in [2.45, 2.75) is 63.5 Å². The Morgan fingerprint density at radius 1 is 1.18 bits per heavy atom. The van der Waals surface area contributed by atoms with Crippen molar-refractivity contribution in [3.05, 3.63) is 23.6 Å². The standard InChI is InChI=1S/C23H29ClN8O/c24-20-11-26-23(29-18-10-27-32(14-18)19-4-2-1-3-5-19)30-22(20)28-17-8-15-12-31(13-16(15)9-17)21(33)6-7-25/h10-11,14-17,19H,1-6,8-9,12-13H2,(H2,26,28,29,30). The summed E-state index contributed by atoms with van der Waals surface area (Å²) < 4.78 is 2.05. The van der Waals surface area contributed by atoms with Crippen molar-refractivity contribution in [2.75, 3.05) is 23.7 Å². The van der Waals surface area contributed by atoms with E-state index >= 15 is 0 Å². The predicted molar refractivity (Wildman–Crippen MR) is 125 cm³/mol. The number of anilines is 3. The fourth-order valence-corrected chi connectivity index (χ4v) is 5.75. The van der Waals surface area contributed by atoms with Crippen LogP contribution in [0.2, 0.25) is 5.02 Å². The molecule has 3 aliphatic rings. The third-order valence-corrected chi connectivity index (χ3v) is 7.50. The van der Waals surface area contributed by atoms with E-state index in [1.54, 1.807) is 6.20 Å². The maximum Gasteiger partial charge on any atom is 0.236 e. The summed E-state index contributed by atoms with van der Waals surface area (Å²) in [6.07, 6.45) is 13.5. The second kappa shape index (κ2) is 9.56. The molecule has 3 heterocycles. The molecule has 1 aliphatic heterocycles. The van der Waals surface area contributed by atoms with Crippen molar-refractivity contribution < 1.29 is 4.79 Å². The summed E-state index contributed by atoms with van der Waals surface area (Å²) in [5, 5.41) is 20.5. The lowest BCUT2D eigenvalue weighted by atomic mass is 9.96. The van der Waals surface area contributed by atoms with E-state index in [0.29, 0.717) is 34.7 Å². The van der Waals surface area contributed by atoms with E-state index in [0.717, 1.165) is 31.6 Å². The molecule has 2 aliphatic carbocycles. The minimum atomic E-state index is -0.0576. The first-order valence-electron chi connectivity index (χ1n) is 11.8. The molecule has 2 unspecified atom stereocenters. The molecule has 2 saturated carbocycles. The van der Waals surface area contributed by atoms with E-state index in [1.807, 2.05) is 23.4 Å². The molecule has 2 N–H and O–H groups in total. The molecule has 0 bridgehead atoms. The minimum absolute atomic E-state index is 0.0347. The van der Waals surface area contributed by atoms with E-state index < -0.39 is 0 Å². The maximum atomic E-state index is 12.0. The smallest absolute Gasteiger partial charge is 0.236 e. The highest BCUT2D eigenvalue weighted by Crippen LogP contribution is 2.40. The van der Waals surface area contributed by atoms with Crippen LogP contribution < -0.4 is 10.6 Å². The molecule has 3 fully saturated rings. The Morgan fingerprint density at radius 2 is 1.94 bits per heavy atom. The van der Waals surface area contributed by atoms with Gasteiger partial charge in [-0.2, -0.15) is 15.3 Å². The van der Waals surface area contributed by atoms with Crippen molar-refractivity contribution in [1.29, 1.82) is 5.26 Å². The highest BCUT2D eigenvalue weighted by atomic mass is 35.5. The lowest BCUT2D eigenvalue weighted by Gasteiger charge is -2.21. The van der Waals surface area contributed by atoms with Crippen LogP contribution >= 0.6 is 11.6 Å². The third-order valence-electron chi connectivity index (χ3n) is 7.23. The SMILES string of the molecule is N#CCC(=O)N1CC2CC(Nc3nc(Nc4cnn(C5CCCCC5)c4)ncc3Cl)CC2C1. The van der Waals surface area contributed by atoms with Crippen LogP contribution in [0.3, 0.4) is 0 Å². The van der Waals surface area contributed by atoms with Gasteiger partial charge in [0.05, 0.1) is 30.2 Å². The van der Waals surface area contributed by atoms with Crippen molar-refractivity contribution in [2.24, 2.45) is 11.8 Å². The highest BCUT2D eigenvalue weighted by Gasteiger charge is 2.42. The average Bonchev–Trinajstić information content (AvgIpc) is 3.52. The van der Waals surface area contributed by atoms with Gasteiger partial charge in [0, 0.05) is 25.3 Å². The molecule has 1 saturated heterocycles. The molecule has 10 heteroatoms. The number of nitrogens with zero attached hydrogens (tertiary/aromatic N) is 6. The Hall–Kier alpha value is -2.86. The number of nitrogens with one attached hydrogen (secondary N) is 2. The molecule has 1 amide bonds.